The molecule has 3 saturated carbocycles. The molecule has 0 aromatic rings. The lowest BCUT2D eigenvalue weighted by Crippen LogP contribution is -2.51. The lowest BCUT2D eigenvalue weighted by molar-refractivity contribution is -0.118. The number of aliphatic hydroxyl groups excluding tert-OH is 1. The fourth-order valence-corrected chi connectivity index (χ4v) is 6.58. The first-order chi connectivity index (χ1) is 9.94. The monoisotopic (exact) mass is 288 g/mol. The topological polar surface area (TPSA) is 37.3 Å². The van der Waals surface area contributed by atoms with E-state index >= 15 is 0 Å². The zero-order valence-corrected chi connectivity index (χ0v) is 13.4. The van der Waals surface area contributed by atoms with Crippen LogP contribution in [0.3, 0.4) is 0 Å². The van der Waals surface area contributed by atoms with Crippen molar-refractivity contribution in [3.8, 4) is 0 Å². The number of carbonyl (C=O) groups is 1. The van der Waals surface area contributed by atoms with Crippen LogP contribution in [0.1, 0.15) is 65.2 Å². The van der Waals surface area contributed by atoms with Gasteiger partial charge in [0.2, 0.25) is 0 Å². The summed E-state index contributed by atoms with van der Waals surface area (Å²) in [4.78, 5) is 11.8. The van der Waals surface area contributed by atoms with Gasteiger partial charge in [-0.1, -0.05) is 19.4 Å². The number of allylic oxidation sites excluding steroid dienone is 1. The molecule has 1 N–H and O–H groups in total. The van der Waals surface area contributed by atoms with E-state index in [1.54, 1.807) is 0 Å². The van der Waals surface area contributed by atoms with E-state index in [9.17, 15) is 9.90 Å². The smallest absolute Gasteiger partial charge is 0.155 e. The highest BCUT2D eigenvalue weighted by atomic mass is 16.3. The van der Waals surface area contributed by atoms with Crippen LogP contribution in [0.25, 0.3) is 0 Å². The van der Waals surface area contributed by atoms with Crippen molar-refractivity contribution in [3.05, 3.63) is 11.6 Å². The van der Waals surface area contributed by atoms with Gasteiger partial charge in [0.15, 0.2) is 5.78 Å². The second kappa shape index (κ2) is 4.44. The van der Waals surface area contributed by atoms with Crippen LogP contribution in [0.2, 0.25) is 0 Å². The van der Waals surface area contributed by atoms with Gasteiger partial charge in [-0.05, 0) is 79.6 Å². The minimum Gasteiger partial charge on any atom is -0.393 e. The molecule has 0 saturated heterocycles. The number of carbonyl (C=O) groups excluding carboxylic acids is 1. The van der Waals surface area contributed by atoms with Crippen LogP contribution in [0.5, 0.6) is 0 Å². The lowest BCUT2D eigenvalue weighted by atomic mass is 9.47. The molecule has 2 nitrogen and oxygen atoms in total. The molecule has 21 heavy (non-hydrogen) atoms. The van der Waals surface area contributed by atoms with E-state index < -0.39 is 0 Å². The highest BCUT2D eigenvalue weighted by molar-refractivity contribution is 5.91. The van der Waals surface area contributed by atoms with Crippen molar-refractivity contribution in [3.63, 3.8) is 0 Å². The molecular formula is C19H28O2. The zero-order chi connectivity index (χ0) is 14.8. The van der Waals surface area contributed by atoms with Crippen LogP contribution in [-0.4, -0.2) is 17.0 Å². The van der Waals surface area contributed by atoms with Gasteiger partial charge in [0.05, 0.1) is 6.10 Å². The Hall–Kier alpha value is -0.630. The molecule has 0 unspecified atom stereocenters. The Morgan fingerprint density at radius 1 is 1.10 bits per heavy atom. The van der Waals surface area contributed by atoms with Crippen molar-refractivity contribution in [1.29, 1.82) is 0 Å². The van der Waals surface area contributed by atoms with Gasteiger partial charge < -0.3 is 5.11 Å². The summed E-state index contributed by atoms with van der Waals surface area (Å²) in [5, 5.41) is 10.6. The fourth-order valence-electron chi connectivity index (χ4n) is 6.58. The first-order valence-corrected chi connectivity index (χ1v) is 8.86. The lowest BCUT2D eigenvalue weighted by Gasteiger charge is -2.57. The van der Waals surface area contributed by atoms with Gasteiger partial charge in [-0.2, -0.15) is 0 Å². The highest BCUT2D eigenvalue weighted by Gasteiger charge is 2.58. The Balaban J connectivity index is 1.71. The number of hydrogen-bond donors (Lipinski definition) is 1. The van der Waals surface area contributed by atoms with Gasteiger partial charge in [-0.15, -0.1) is 0 Å². The third-order valence-electron chi connectivity index (χ3n) is 7.76. The molecule has 2 heteroatoms. The Kier molecular flexibility index (Phi) is 2.96. The van der Waals surface area contributed by atoms with Gasteiger partial charge >= 0.3 is 0 Å². The molecule has 0 amide bonds. The van der Waals surface area contributed by atoms with Crippen molar-refractivity contribution >= 4 is 5.78 Å². The third-order valence-corrected chi connectivity index (χ3v) is 7.76. The molecule has 0 spiro atoms. The Labute approximate surface area is 128 Å². The standard InChI is InChI=1S/C19H28O2/c1-18-8-6-15-14(17(18)16(21)7-9-18)4-3-12-11-13(20)5-10-19(12,15)2/h11,14-17,21H,3-10H2,1-2H3/t14-,15+,16+,17-,18-,19+/m1/s1. The van der Waals surface area contributed by atoms with Crippen molar-refractivity contribution < 1.29 is 9.90 Å². The summed E-state index contributed by atoms with van der Waals surface area (Å²) in [6.45, 7) is 4.83. The van der Waals surface area contributed by atoms with Gasteiger partial charge in [-0.25, -0.2) is 0 Å². The van der Waals surface area contributed by atoms with Crippen LogP contribution in [0.15, 0.2) is 11.6 Å². The average Bonchev–Trinajstić information content (AvgIpc) is 2.76. The summed E-state index contributed by atoms with van der Waals surface area (Å²) in [5.74, 6) is 2.21. The summed E-state index contributed by atoms with van der Waals surface area (Å²) in [7, 11) is 0. The van der Waals surface area contributed by atoms with E-state index in [0.29, 0.717) is 29.0 Å². The molecule has 4 aliphatic carbocycles. The van der Waals surface area contributed by atoms with Gasteiger partial charge in [-0.3, -0.25) is 4.79 Å². The van der Waals surface area contributed by atoms with E-state index in [-0.39, 0.29) is 11.5 Å². The summed E-state index contributed by atoms with van der Waals surface area (Å²) < 4.78 is 0. The Morgan fingerprint density at radius 2 is 1.86 bits per heavy atom. The molecule has 0 radical (unpaired) electrons. The number of ketones is 1. The Morgan fingerprint density at radius 3 is 2.67 bits per heavy atom. The fraction of sp³-hybridized carbons (Fsp3) is 0.842. The van der Waals surface area contributed by atoms with Crippen molar-refractivity contribution in [2.75, 3.05) is 0 Å². The van der Waals surface area contributed by atoms with Crippen molar-refractivity contribution in [1.82, 2.24) is 0 Å². The van der Waals surface area contributed by atoms with E-state index in [4.69, 9.17) is 0 Å². The van der Waals surface area contributed by atoms with Crippen LogP contribution in [-0.2, 0) is 4.79 Å². The average molecular weight is 288 g/mol. The van der Waals surface area contributed by atoms with Crippen LogP contribution in [0, 0.1) is 28.6 Å². The first kappa shape index (κ1) is 14.0. The maximum Gasteiger partial charge on any atom is 0.155 e. The molecule has 4 rings (SSSR count). The molecule has 6 atom stereocenters. The van der Waals surface area contributed by atoms with E-state index in [0.717, 1.165) is 25.7 Å². The molecule has 0 aromatic carbocycles. The predicted octanol–water partition coefficient (Wildman–Crippen LogP) is 3.88. The summed E-state index contributed by atoms with van der Waals surface area (Å²) >= 11 is 0. The third kappa shape index (κ3) is 1.84. The molecule has 0 aliphatic heterocycles. The van der Waals surface area contributed by atoms with Gasteiger partial charge in [0.1, 0.15) is 0 Å². The van der Waals surface area contributed by atoms with Crippen LogP contribution >= 0.6 is 0 Å². The second-order valence-corrected chi connectivity index (χ2v) is 8.69. The van der Waals surface area contributed by atoms with Crippen molar-refractivity contribution in [2.24, 2.45) is 28.6 Å². The van der Waals surface area contributed by atoms with E-state index in [2.05, 4.69) is 13.8 Å². The molecule has 0 bridgehead atoms. The molecule has 0 aromatic heterocycles. The number of rotatable bonds is 0. The predicted molar refractivity (Wildman–Crippen MR) is 82.7 cm³/mol. The molecule has 3 fully saturated rings. The summed E-state index contributed by atoms with van der Waals surface area (Å²) in [5.41, 5.74) is 2.04. The zero-order valence-electron chi connectivity index (χ0n) is 13.4. The Bertz CT molecular complexity index is 508. The molecule has 4 aliphatic rings. The second-order valence-electron chi connectivity index (χ2n) is 8.69. The number of hydrogen-bond acceptors (Lipinski definition) is 2. The normalized spacial score (nSPS) is 52.7. The van der Waals surface area contributed by atoms with E-state index in [1.807, 2.05) is 6.08 Å². The molecule has 0 heterocycles. The molecule has 116 valence electrons. The van der Waals surface area contributed by atoms with E-state index in [1.165, 1.54) is 31.3 Å². The first-order valence-electron chi connectivity index (χ1n) is 8.86. The summed E-state index contributed by atoms with van der Waals surface area (Å²) in [6, 6.07) is 0. The number of fused-ring (bicyclic) bond motifs is 5. The van der Waals surface area contributed by atoms with Crippen LogP contribution < -0.4 is 0 Å². The van der Waals surface area contributed by atoms with Gasteiger partial charge in [0, 0.05) is 6.42 Å². The minimum absolute atomic E-state index is 0.0813. The maximum absolute atomic E-state index is 11.8. The van der Waals surface area contributed by atoms with Crippen molar-refractivity contribution in [2.45, 2.75) is 71.3 Å². The maximum atomic E-state index is 11.8. The highest BCUT2D eigenvalue weighted by Crippen LogP contribution is 2.65. The quantitative estimate of drug-likeness (QED) is 0.734. The number of aliphatic hydroxyl groups is 1. The SMILES string of the molecule is C[C@@]12CC[C@H](O)[C@H]1[C@@H]1CCC3=CC(=O)CC[C@]3(C)[C@H]1CC2. The van der Waals surface area contributed by atoms with Gasteiger partial charge in [0.25, 0.3) is 0 Å². The summed E-state index contributed by atoms with van der Waals surface area (Å²) in [6.07, 6.45) is 10.7. The van der Waals surface area contributed by atoms with Crippen LogP contribution in [0.4, 0.5) is 0 Å². The largest absolute Gasteiger partial charge is 0.393 e. The molecular weight excluding hydrogens is 260 g/mol. The minimum atomic E-state index is -0.0813.